The highest BCUT2D eigenvalue weighted by Crippen LogP contribution is 2.20. The molecule has 0 bridgehead atoms. The number of nitrogens with one attached hydrogen (secondary N) is 1. The summed E-state index contributed by atoms with van der Waals surface area (Å²) in [5, 5.41) is 4.76. The van der Waals surface area contributed by atoms with E-state index in [0.717, 1.165) is 26.1 Å². The quantitative estimate of drug-likeness (QED) is 0.627. The molecule has 1 N–H and O–H groups in total. The Hall–Kier alpha value is -1.72. The maximum atomic E-state index is 3.47. The Morgan fingerprint density at radius 2 is 2.17 bits per heavy atom. The standard InChI is InChI=1S/C16H20N2/c1-3-5-11-18-12-9-14-7-6-8-15(16(14)18)13-17-10-4-2/h6-9,12,17H,4,10-11,13H2,1-2H3. The molecule has 2 nitrogen and oxygen atoms in total. The van der Waals surface area contributed by atoms with Gasteiger partial charge in [0.05, 0.1) is 12.1 Å². The summed E-state index contributed by atoms with van der Waals surface area (Å²) < 4.78 is 2.23. The Morgan fingerprint density at radius 1 is 1.28 bits per heavy atom. The number of para-hydroxylation sites is 1. The van der Waals surface area contributed by atoms with Gasteiger partial charge in [-0.25, -0.2) is 0 Å². The predicted octanol–water partition coefficient (Wildman–Crippen LogP) is 3.16. The van der Waals surface area contributed by atoms with Crippen molar-refractivity contribution in [1.29, 1.82) is 0 Å². The summed E-state index contributed by atoms with van der Waals surface area (Å²) >= 11 is 0. The molecule has 0 saturated carbocycles. The van der Waals surface area contributed by atoms with Crippen LogP contribution in [0.2, 0.25) is 0 Å². The molecule has 0 aliphatic heterocycles. The number of rotatable bonds is 5. The van der Waals surface area contributed by atoms with Crippen molar-refractivity contribution in [2.45, 2.75) is 33.4 Å². The van der Waals surface area contributed by atoms with E-state index in [9.17, 15) is 0 Å². The first-order valence-electron chi connectivity index (χ1n) is 6.54. The average Bonchev–Trinajstić information content (AvgIpc) is 2.81. The number of hydrogen-bond donors (Lipinski definition) is 1. The summed E-state index contributed by atoms with van der Waals surface area (Å²) in [4.78, 5) is 0. The molecule has 1 aromatic carbocycles. The second-order valence-electron chi connectivity index (χ2n) is 4.40. The highest BCUT2D eigenvalue weighted by Gasteiger charge is 2.05. The fourth-order valence-corrected chi connectivity index (χ4v) is 2.18. The topological polar surface area (TPSA) is 17.0 Å². The van der Waals surface area contributed by atoms with E-state index >= 15 is 0 Å². The maximum absolute atomic E-state index is 3.47. The van der Waals surface area contributed by atoms with Crippen LogP contribution in [0, 0.1) is 11.8 Å². The number of aromatic nitrogens is 1. The maximum Gasteiger partial charge on any atom is 0.0837 e. The first-order valence-corrected chi connectivity index (χ1v) is 6.54. The Morgan fingerprint density at radius 3 is 2.94 bits per heavy atom. The second kappa shape index (κ2) is 6.28. The van der Waals surface area contributed by atoms with Crippen molar-refractivity contribution >= 4 is 10.9 Å². The van der Waals surface area contributed by atoms with Crippen molar-refractivity contribution in [3.05, 3.63) is 36.0 Å². The Bertz CT molecular complexity index is 570. The molecule has 1 heterocycles. The zero-order chi connectivity index (χ0) is 12.8. The molecule has 0 amide bonds. The van der Waals surface area contributed by atoms with Crippen molar-refractivity contribution < 1.29 is 0 Å². The van der Waals surface area contributed by atoms with Crippen molar-refractivity contribution in [3.63, 3.8) is 0 Å². The SMILES string of the molecule is CC#CCn1ccc2cccc(CNCCC)c21. The van der Waals surface area contributed by atoms with E-state index in [-0.39, 0.29) is 0 Å². The predicted molar refractivity (Wildman–Crippen MR) is 77.4 cm³/mol. The van der Waals surface area contributed by atoms with Crippen LogP contribution in [0.15, 0.2) is 30.5 Å². The number of nitrogens with zero attached hydrogens (tertiary/aromatic N) is 1. The molecule has 2 heteroatoms. The zero-order valence-corrected chi connectivity index (χ0v) is 11.2. The second-order valence-corrected chi connectivity index (χ2v) is 4.40. The average molecular weight is 240 g/mol. The van der Waals surface area contributed by atoms with Crippen LogP contribution in [0.25, 0.3) is 10.9 Å². The van der Waals surface area contributed by atoms with Crippen molar-refractivity contribution in [3.8, 4) is 11.8 Å². The number of benzene rings is 1. The fraction of sp³-hybridized carbons (Fsp3) is 0.375. The summed E-state index contributed by atoms with van der Waals surface area (Å²) in [5.74, 6) is 6.09. The molecule has 0 saturated heterocycles. The molecule has 0 radical (unpaired) electrons. The third kappa shape index (κ3) is 2.75. The third-order valence-electron chi connectivity index (χ3n) is 3.04. The lowest BCUT2D eigenvalue weighted by atomic mass is 10.1. The van der Waals surface area contributed by atoms with E-state index in [1.54, 1.807) is 0 Å². The van der Waals surface area contributed by atoms with E-state index in [1.165, 1.54) is 16.5 Å². The lowest BCUT2D eigenvalue weighted by Crippen LogP contribution is -2.14. The van der Waals surface area contributed by atoms with Crippen molar-refractivity contribution in [2.24, 2.45) is 0 Å². The van der Waals surface area contributed by atoms with Gasteiger partial charge in [-0.05, 0) is 36.9 Å². The molecule has 0 aliphatic rings. The minimum absolute atomic E-state index is 0.769. The Balaban J connectivity index is 2.31. The lowest BCUT2D eigenvalue weighted by molar-refractivity contribution is 0.675. The highest BCUT2D eigenvalue weighted by atomic mass is 15.0. The van der Waals surface area contributed by atoms with Crippen LogP contribution in [-0.4, -0.2) is 11.1 Å². The van der Waals surface area contributed by atoms with Crippen LogP contribution >= 0.6 is 0 Å². The van der Waals surface area contributed by atoms with Gasteiger partial charge in [-0.1, -0.05) is 31.0 Å². The van der Waals surface area contributed by atoms with Crippen LogP contribution in [0.4, 0.5) is 0 Å². The summed E-state index contributed by atoms with van der Waals surface area (Å²) in [5.41, 5.74) is 2.66. The van der Waals surface area contributed by atoms with E-state index in [4.69, 9.17) is 0 Å². The molecule has 94 valence electrons. The summed E-state index contributed by atoms with van der Waals surface area (Å²) in [6.45, 7) is 6.83. The highest BCUT2D eigenvalue weighted by molar-refractivity contribution is 5.83. The van der Waals surface area contributed by atoms with Crippen LogP contribution in [0.5, 0.6) is 0 Å². The van der Waals surface area contributed by atoms with E-state index in [1.807, 2.05) is 6.92 Å². The largest absolute Gasteiger partial charge is 0.336 e. The van der Waals surface area contributed by atoms with E-state index < -0.39 is 0 Å². The molecule has 1 aromatic heterocycles. The summed E-state index contributed by atoms with van der Waals surface area (Å²) in [6.07, 6.45) is 3.29. The Kier molecular flexibility index (Phi) is 4.44. The van der Waals surface area contributed by atoms with Gasteiger partial charge >= 0.3 is 0 Å². The first-order chi connectivity index (χ1) is 8.86. The molecule has 0 spiro atoms. The smallest absolute Gasteiger partial charge is 0.0837 e. The van der Waals surface area contributed by atoms with Gasteiger partial charge in [-0.15, -0.1) is 5.92 Å². The van der Waals surface area contributed by atoms with E-state index in [0.29, 0.717) is 0 Å². The minimum atomic E-state index is 0.769. The van der Waals surface area contributed by atoms with E-state index in [2.05, 4.69) is 59.1 Å². The minimum Gasteiger partial charge on any atom is -0.336 e. The van der Waals surface area contributed by atoms with Crippen LogP contribution in [0.3, 0.4) is 0 Å². The Labute approximate surface area is 109 Å². The van der Waals surface area contributed by atoms with Crippen molar-refractivity contribution in [1.82, 2.24) is 9.88 Å². The van der Waals surface area contributed by atoms with Gasteiger partial charge in [0.25, 0.3) is 0 Å². The first kappa shape index (κ1) is 12.7. The normalized spacial score (nSPS) is 10.3. The van der Waals surface area contributed by atoms with Crippen molar-refractivity contribution in [2.75, 3.05) is 6.54 Å². The molecule has 0 atom stereocenters. The number of fused-ring (bicyclic) bond motifs is 1. The van der Waals surface area contributed by atoms with Crippen LogP contribution < -0.4 is 5.32 Å². The molecule has 18 heavy (non-hydrogen) atoms. The summed E-state index contributed by atoms with van der Waals surface area (Å²) in [7, 11) is 0. The van der Waals surface area contributed by atoms with Gasteiger partial charge < -0.3 is 9.88 Å². The molecule has 0 fully saturated rings. The molecule has 0 unspecified atom stereocenters. The van der Waals surface area contributed by atoms with Gasteiger partial charge in [0, 0.05) is 12.7 Å². The van der Waals surface area contributed by atoms with Crippen LogP contribution in [0.1, 0.15) is 25.8 Å². The molecular weight excluding hydrogens is 220 g/mol. The number of hydrogen-bond acceptors (Lipinski definition) is 1. The van der Waals surface area contributed by atoms with Gasteiger partial charge in [-0.2, -0.15) is 0 Å². The summed E-state index contributed by atoms with van der Waals surface area (Å²) in [6, 6.07) is 8.65. The van der Waals surface area contributed by atoms with Gasteiger partial charge in [0.1, 0.15) is 0 Å². The molecule has 2 aromatic rings. The molecular formula is C16H20N2. The van der Waals surface area contributed by atoms with Crippen LogP contribution in [-0.2, 0) is 13.1 Å². The molecule has 0 aliphatic carbocycles. The van der Waals surface area contributed by atoms with Gasteiger partial charge in [0.15, 0.2) is 0 Å². The van der Waals surface area contributed by atoms with Gasteiger partial charge in [0.2, 0.25) is 0 Å². The molecule has 2 rings (SSSR count). The van der Waals surface area contributed by atoms with Gasteiger partial charge in [-0.3, -0.25) is 0 Å². The fourth-order valence-electron chi connectivity index (χ4n) is 2.18. The lowest BCUT2D eigenvalue weighted by Gasteiger charge is -2.08. The zero-order valence-electron chi connectivity index (χ0n) is 11.2. The monoisotopic (exact) mass is 240 g/mol. The third-order valence-corrected chi connectivity index (χ3v) is 3.04.